The number of nitrogens with zero attached hydrogens (tertiary/aromatic N) is 1. The molecule has 0 saturated carbocycles. The highest BCUT2D eigenvalue weighted by Gasteiger charge is 2.09. The van der Waals surface area contributed by atoms with Gasteiger partial charge in [-0.2, -0.15) is 0 Å². The highest BCUT2D eigenvalue weighted by Crippen LogP contribution is 2.10. The number of benzene rings is 1. The number of fused-ring (bicyclic) bond motifs is 1. The van der Waals surface area contributed by atoms with Crippen LogP contribution in [0.3, 0.4) is 0 Å². The molecule has 2 aromatic rings. The van der Waals surface area contributed by atoms with Crippen LogP contribution in [0.2, 0.25) is 0 Å². The Kier molecular flexibility index (Phi) is 6.36. The van der Waals surface area contributed by atoms with Gasteiger partial charge in [-0.1, -0.05) is 65.1 Å². The lowest BCUT2D eigenvalue weighted by atomic mass is 10.0. The van der Waals surface area contributed by atoms with Crippen molar-refractivity contribution in [2.24, 2.45) is 5.92 Å². The van der Waals surface area contributed by atoms with E-state index < -0.39 is 0 Å². The first kappa shape index (κ1) is 18.0. The molecule has 1 heterocycles. The molecule has 0 fully saturated rings. The minimum Gasteiger partial charge on any atom is -0.308 e. The van der Waals surface area contributed by atoms with Crippen LogP contribution >= 0.6 is 0 Å². The third kappa shape index (κ3) is 3.38. The van der Waals surface area contributed by atoms with E-state index in [9.17, 15) is 4.79 Å². The van der Waals surface area contributed by atoms with Gasteiger partial charge in [0.25, 0.3) is 5.56 Å². The lowest BCUT2D eigenvalue weighted by Gasteiger charge is -2.13. The molecule has 0 aliphatic carbocycles. The summed E-state index contributed by atoms with van der Waals surface area (Å²) in [4.78, 5) is 12.7. The molecule has 2 rings (SSSR count). The quantitative estimate of drug-likeness (QED) is 0.851. The van der Waals surface area contributed by atoms with Crippen LogP contribution in [0.25, 0.3) is 23.4 Å². The van der Waals surface area contributed by atoms with Crippen molar-refractivity contribution in [3.8, 4) is 0 Å². The molecule has 0 bridgehead atoms. The van der Waals surface area contributed by atoms with E-state index in [-0.39, 0.29) is 5.56 Å². The SMILES string of the molecule is C=C/C=c1/c(=C)n(CC(C)C)c(=O)c2cccc(C)c12.CC. The topological polar surface area (TPSA) is 22.0 Å². The van der Waals surface area contributed by atoms with E-state index in [4.69, 9.17) is 0 Å². The van der Waals surface area contributed by atoms with Crippen LogP contribution in [0, 0.1) is 12.8 Å². The number of allylic oxidation sites excluding steroid dienone is 1. The maximum atomic E-state index is 12.7. The van der Waals surface area contributed by atoms with E-state index in [2.05, 4.69) is 27.0 Å². The van der Waals surface area contributed by atoms with Crippen LogP contribution in [0.15, 0.2) is 35.6 Å². The van der Waals surface area contributed by atoms with Crippen molar-refractivity contribution in [1.82, 2.24) is 4.57 Å². The molecule has 0 aliphatic rings. The molecule has 118 valence electrons. The van der Waals surface area contributed by atoms with Gasteiger partial charge >= 0.3 is 0 Å². The predicted octanol–water partition coefficient (Wildman–Crippen LogP) is 3.37. The summed E-state index contributed by atoms with van der Waals surface area (Å²) in [6.45, 7) is 18.8. The summed E-state index contributed by atoms with van der Waals surface area (Å²) in [6.07, 6.45) is 3.69. The first-order chi connectivity index (χ1) is 10.5. The van der Waals surface area contributed by atoms with Gasteiger partial charge in [0.1, 0.15) is 0 Å². The summed E-state index contributed by atoms with van der Waals surface area (Å²) in [6, 6.07) is 5.84. The van der Waals surface area contributed by atoms with Gasteiger partial charge in [-0.25, -0.2) is 0 Å². The van der Waals surface area contributed by atoms with Crippen LogP contribution in [0.1, 0.15) is 33.3 Å². The summed E-state index contributed by atoms with van der Waals surface area (Å²) in [5.41, 5.74) is 1.14. The molecular weight excluding hydrogens is 270 g/mol. The number of aryl methyl sites for hydroxylation is 1. The Balaban J connectivity index is 0.00000116. The van der Waals surface area contributed by atoms with Gasteiger partial charge < -0.3 is 4.57 Å². The molecule has 0 spiro atoms. The first-order valence-corrected chi connectivity index (χ1v) is 7.91. The van der Waals surface area contributed by atoms with Crippen molar-refractivity contribution < 1.29 is 0 Å². The normalized spacial score (nSPS) is 11.5. The molecule has 2 heteroatoms. The zero-order valence-corrected chi connectivity index (χ0v) is 14.4. The molecule has 22 heavy (non-hydrogen) atoms. The van der Waals surface area contributed by atoms with Gasteiger partial charge in [0.2, 0.25) is 0 Å². The second kappa shape index (κ2) is 7.79. The minimum atomic E-state index is 0.0450. The fourth-order valence-corrected chi connectivity index (χ4v) is 2.62. The van der Waals surface area contributed by atoms with Crippen LogP contribution < -0.4 is 16.1 Å². The summed E-state index contributed by atoms with van der Waals surface area (Å²) in [5.74, 6) is 0.395. The van der Waals surface area contributed by atoms with Crippen molar-refractivity contribution in [1.29, 1.82) is 0 Å². The zero-order chi connectivity index (χ0) is 16.9. The van der Waals surface area contributed by atoms with Crippen LogP contribution in [-0.4, -0.2) is 4.57 Å². The molecule has 0 radical (unpaired) electrons. The van der Waals surface area contributed by atoms with Crippen molar-refractivity contribution >= 4 is 23.4 Å². The first-order valence-electron chi connectivity index (χ1n) is 7.91. The average Bonchev–Trinajstić information content (AvgIpc) is 2.50. The van der Waals surface area contributed by atoms with Gasteiger partial charge in [0.05, 0.1) is 0 Å². The standard InChI is InChI=1S/C18H21NO.C2H6/c1-6-8-15-14(5)19(11-12(2)3)18(20)16-10-7-9-13(4)17(15)16;1-2/h6-10,12H,1,5,11H2,2-4H3;1-2H3/b15-8-;. The average molecular weight is 297 g/mol. The zero-order valence-electron chi connectivity index (χ0n) is 14.4. The predicted molar refractivity (Wildman–Crippen MR) is 98.6 cm³/mol. The maximum absolute atomic E-state index is 12.7. The van der Waals surface area contributed by atoms with Gasteiger partial charge in [0.15, 0.2) is 0 Å². The van der Waals surface area contributed by atoms with Crippen molar-refractivity contribution in [2.45, 2.75) is 41.2 Å². The molecule has 2 nitrogen and oxygen atoms in total. The van der Waals surface area contributed by atoms with Gasteiger partial charge in [0, 0.05) is 22.5 Å². The van der Waals surface area contributed by atoms with E-state index in [1.165, 1.54) is 0 Å². The van der Waals surface area contributed by atoms with Crippen molar-refractivity contribution in [3.63, 3.8) is 0 Å². The third-order valence-corrected chi connectivity index (χ3v) is 3.49. The summed E-state index contributed by atoms with van der Waals surface area (Å²) < 4.78 is 1.78. The second-order valence-corrected chi connectivity index (χ2v) is 5.57. The van der Waals surface area contributed by atoms with E-state index in [0.29, 0.717) is 12.5 Å². The van der Waals surface area contributed by atoms with Gasteiger partial charge in [-0.15, -0.1) is 0 Å². The maximum Gasteiger partial charge on any atom is 0.258 e. The fourth-order valence-electron chi connectivity index (χ4n) is 2.62. The molecular formula is C20H27NO. The number of hydrogen-bond donors (Lipinski definition) is 0. The van der Waals surface area contributed by atoms with Crippen LogP contribution in [-0.2, 0) is 6.54 Å². The number of pyridine rings is 1. The minimum absolute atomic E-state index is 0.0450. The fraction of sp³-hybridized carbons (Fsp3) is 0.350. The smallest absolute Gasteiger partial charge is 0.258 e. The lowest BCUT2D eigenvalue weighted by Crippen LogP contribution is -2.44. The van der Waals surface area contributed by atoms with E-state index in [1.54, 1.807) is 10.6 Å². The van der Waals surface area contributed by atoms with E-state index in [1.807, 2.05) is 45.0 Å². The Morgan fingerprint density at radius 2 is 1.91 bits per heavy atom. The van der Waals surface area contributed by atoms with Crippen molar-refractivity contribution in [3.05, 3.63) is 57.3 Å². The second-order valence-electron chi connectivity index (χ2n) is 5.57. The largest absolute Gasteiger partial charge is 0.308 e. The highest BCUT2D eigenvalue weighted by atomic mass is 16.1. The number of hydrogen-bond acceptors (Lipinski definition) is 1. The van der Waals surface area contributed by atoms with Crippen LogP contribution in [0.4, 0.5) is 0 Å². The van der Waals surface area contributed by atoms with Gasteiger partial charge in [-0.3, -0.25) is 4.79 Å². The molecule has 0 atom stereocenters. The number of aromatic nitrogens is 1. The van der Waals surface area contributed by atoms with E-state index >= 15 is 0 Å². The van der Waals surface area contributed by atoms with E-state index in [0.717, 1.165) is 26.9 Å². The molecule has 1 aromatic carbocycles. The third-order valence-electron chi connectivity index (χ3n) is 3.49. The molecule has 0 aliphatic heterocycles. The summed E-state index contributed by atoms with van der Waals surface area (Å²) in [7, 11) is 0. The Labute approximate surface area is 133 Å². The monoisotopic (exact) mass is 297 g/mol. The Morgan fingerprint density at radius 1 is 1.27 bits per heavy atom. The molecule has 0 saturated heterocycles. The molecule has 0 N–H and O–H groups in total. The summed E-state index contributed by atoms with van der Waals surface area (Å²) in [5, 5.41) is 3.51. The van der Waals surface area contributed by atoms with Gasteiger partial charge in [-0.05, 0) is 29.9 Å². The molecule has 0 amide bonds. The summed E-state index contributed by atoms with van der Waals surface area (Å²) >= 11 is 0. The number of rotatable bonds is 3. The Bertz CT molecular complexity index is 825. The Hall–Kier alpha value is -2.09. The Morgan fingerprint density at radius 3 is 2.45 bits per heavy atom. The highest BCUT2D eigenvalue weighted by molar-refractivity contribution is 5.86. The molecule has 1 aromatic heterocycles. The lowest BCUT2D eigenvalue weighted by molar-refractivity contribution is 0.503. The van der Waals surface area contributed by atoms with Crippen molar-refractivity contribution in [2.75, 3.05) is 0 Å². The molecule has 0 unspecified atom stereocenters. The van der Waals surface area contributed by atoms with Crippen LogP contribution in [0.5, 0.6) is 0 Å².